The van der Waals surface area contributed by atoms with E-state index in [9.17, 15) is 14.4 Å². The van der Waals surface area contributed by atoms with Crippen LogP contribution < -0.4 is 5.73 Å². The lowest BCUT2D eigenvalue weighted by Gasteiger charge is -2.27. The van der Waals surface area contributed by atoms with Crippen LogP contribution in [0, 0.1) is 0 Å². The van der Waals surface area contributed by atoms with E-state index in [0.717, 1.165) is 24.3 Å². The summed E-state index contributed by atoms with van der Waals surface area (Å²) in [6.45, 7) is 3.78. The maximum Gasteiger partial charge on any atom is 0.254 e. The Labute approximate surface area is 113 Å². The third-order valence-corrected chi connectivity index (χ3v) is 3.10. The molecule has 2 amide bonds. The molecule has 2 N–H and O–H groups in total. The number of imide groups is 1. The monoisotopic (exact) mass is 270 g/mol. The smallest absolute Gasteiger partial charge is 0.254 e. The van der Waals surface area contributed by atoms with E-state index in [1.165, 1.54) is 0 Å². The number of nitrogens with two attached hydrogens (primary N) is 1. The number of carbonyl (C=O) groups is 3. The fourth-order valence-corrected chi connectivity index (χ4v) is 1.84. The highest BCUT2D eigenvalue weighted by Gasteiger charge is 2.38. The van der Waals surface area contributed by atoms with Crippen LogP contribution in [0.1, 0.15) is 52.4 Å². The third kappa shape index (κ3) is 4.40. The van der Waals surface area contributed by atoms with Crippen molar-refractivity contribution in [3.8, 4) is 0 Å². The average Bonchev–Trinajstić information content (AvgIpc) is 2.65. The van der Waals surface area contributed by atoms with Crippen molar-refractivity contribution in [1.29, 1.82) is 0 Å². The molecule has 0 aromatic rings. The van der Waals surface area contributed by atoms with Gasteiger partial charge in [0.05, 0.1) is 0 Å². The first-order valence-electron chi connectivity index (χ1n) is 6.67. The first-order valence-corrected chi connectivity index (χ1v) is 6.67. The van der Waals surface area contributed by atoms with Crippen molar-refractivity contribution < 1.29 is 19.2 Å². The zero-order chi connectivity index (χ0) is 14.5. The predicted octanol–water partition coefficient (Wildman–Crippen LogP) is 0.934. The Morgan fingerprint density at radius 3 is 2.32 bits per heavy atom. The normalized spacial score (nSPS) is 16.3. The van der Waals surface area contributed by atoms with Crippen molar-refractivity contribution >= 4 is 17.6 Å². The summed E-state index contributed by atoms with van der Waals surface area (Å²) in [5, 5.41) is 0.734. The summed E-state index contributed by atoms with van der Waals surface area (Å²) in [6, 6.07) is 0. The van der Waals surface area contributed by atoms with Crippen molar-refractivity contribution in [1.82, 2.24) is 5.06 Å². The maximum absolute atomic E-state index is 12.0. The predicted molar refractivity (Wildman–Crippen MR) is 68.8 cm³/mol. The molecule has 1 rings (SSSR count). The summed E-state index contributed by atoms with van der Waals surface area (Å²) in [4.78, 5) is 40.2. The Morgan fingerprint density at radius 2 is 1.79 bits per heavy atom. The zero-order valence-corrected chi connectivity index (χ0v) is 11.6. The lowest BCUT2D eigenvalue weighted by molar-refractivity contribution is -0.220. The van der Waals surface area contributed by atoms with Gasteiger partial charge in [0.1, 0.15) is 5.60 Å². The van der Waals surface area contributed by atoms with Crippen LogP contribution in [0.25, 0.3) is 0 Å². The van der Waals surface area contributed by atoms with E-state index in [0.29, 0.717) is 13.0 Å². The molecule has 1 aliphatic heterocycles. The number of Topliss-reactive ketones (excluding diaryl/α,β-unsaturated/α-hetero) is 1. The van der Waals surface area contributed by atoms with Gasteiger partial charge in [0.15, 0.2) is 5.78 Å². The second-order valence-corrected chi connectivity index (χ2v) is 5.21. The lowest BCUT2D eigenvalue weighted by Crippen LogP contribution is -2.44. The van der Waals surface area contributed by atoms with Crippen LogP contribution in [0.2, 0.25) is 0 Å². The van der Waals surface area contributed by atoms with Gasteiger partial charge in [-0.25, -0.2) is 4.84 Å². The maximum atomic E-state index is 12.0. The van der Waals surface area contributed by atoms with Crippen molar-refractivity contribution in [3.05, 3.63) is 0 Å². The first-order chi connectivity index (χ1) is 8.88. The molecule has 0 aromatic carbocycles. The Balaban J connectivity index is 2.47. The second kappa shape index (κ2) is 6.77. The molecule has 0 unspecified atom stereocenters. The summed E-state index contributed by atoms with van der Waals surface area (Å²) in [5.74, 6) is -0.875. The van der Waals surface area contributed by atoms with E-state index in [1.807, 2.05) is 0 Å². The molecule has 0 aromatic heterocycles. The number of rotatable bonds is 8. The van der Waals surface area contributed by atoms with Crippen LogP contribution in [0.15, 0.2) is 0 Å². The second-order valence-electron chi connectivity index (χ2n) is 5.21. The number of hydrogen-bond acceptors (Lipinski definition) is 5. The van der Waals surface area contributed by atoms with Crippen LogP contribution in [0.4, 0.5) is 0 Å². The molecule has 1 saturated heterocycles. The summed E-state index contributed by atoms with van der Waals surface area (Å²) in [6.07, 6.45) is 3.19. The Kier molecular flexibility index (Phi) is 5.62. The molecule has 0 radical (unpaired) electrons. The molecule has 1 heterocycles. The zero-order valence-electron chi connectivity index (χ0n) is 11.6. The standard InChI is InChI=1S/C13H22N2O4/c1-13(2,10(16)6-4-3-5-9-14)19-15-11(17)7-8-12(15)18/h3-9,14H2,1-2H3. The Hall–Kier alpha value is -1.27. The molecule has 6 heteroatoms. The molecule has 1 aliphatic rings. The van der Waals surface area contributed by atoms with Gasteiger partial charge in [-0.3, -0.25) is 14.4 Å². The molecule has 0 aliphatic carbocycles. The summed E-state index contributed by atoms with van der Waals surface area (Å²) in [5.41, 5.74) is 4.22. The number of unbranched alkanes of at least 4 members (excludes halogenated alkanes) is 2. The molecule has 6 nitrogen and oxygen atoms in total. The summed E-state index contributed by atoms with van der Waals surface area (Å²) in [7, 11) is 0. The third-order valence-electron chi connectivity index (χ3n) is 3.10. The van der Waals surface area contributed by atoms with Gasteiger partial charge < -0.3 is 5.73 Å². The molecular formula is C13H22N2O4. The summed E-state index contributed by atoms with van der Waals surface area (Å²) < 4.78 is 0. The molecule has 0 atom stereocenters. The van der Waals surface area contributed by atoms with Crippen molar-refractivity contribution in [2.24, 2.45) is 5.73 Å². The summed E-state index contributed by atoms with van der Waals surface area (Å²) >= 11 is 0. The molecule has 0 bridgehead atoms. The van der Waals surface area contributed by atoms with E-state index < -0.39 is 5.60 Å². The molecule has 0 spiro atoms. The highest BCUT2D eigenvalue weighted by Crippen LogP contribution is 2.21. The minimum atomic E-state index is -1.15. The van der Waals surface area contributed by atoms with Crippen molar-refractivity contribution in [2.45, 2.75) is 58.0 Å². The quantitative estimate of drug-likeness (QED) is 0.523. The highest BCUT2D eigenvalue weighted by molar-refractivity contribution is 6.01. The Bertz CT molecular complexity index is 350. The molecule has 0 saturated carbocycles. The minimum absolute atomic E-state index is 0.114. The van der Waals surface area contributed by atoms with Crippen LogP contribution >= 0.6 is 0 Å². The van der Waals surface area contributed by atoms with Crippen LogP contribution in [-0.2, 0) is 19.2 Å². The number of hydroxylamine groups is 2. The van der Waals surface area contributed by atoms with E-state index in [4.69, 9.17) is 10.6 Å². The number of amides is 2. The fourth-order valence-electron chi connectivity index (χ4n) is 1.84. The van der Waals surface area contributed by atoms with Gasteiger partial charge >= 0.3 is 0 Å². The van der Waals surface area contributed by atoms with Crippen LogP contribution in [0.3, 0.4) is 0 Å². The van der Waals surface area contributed by atoms with E-state index in [2.05, 4.69) is 0 Å². The molecular weight excluding hydrogens is 248 g/mol. The number of ketones is 1. The largest absolute Gasteiger partial charge is 0.330 e. The van der Waals surface area contributed by atoms with Gasteiger partial charge in [-0.2, -0.15) is 5.06 Å². The number of hydrogen-bond donors (Lipinski definition) is 1. The van der Waals surface area contributed by atoms with Gasteiger partial charge in [0.2, 0.25) is 0 Å². The van der Waals surface area contributed by atoms with Gasteiger partial charge in [0.25, 0.3) is 11.8 Å². The van der Waals surface area contributed by atoms with Crippen molar-refractivity contribution in [3.63, 3.8) is 0 Å². The van der Waals surface area contributed by atoms with Gasteiger partial charge in [0, 0.05) is 19.3 Å². The highest BCUT2D eigenvalue weighted by atomic mass is 16.7. The number of carbonyl (C=O) groups excluding carboxylic acids is 3. The molecule has 19 heavy (non-hydrogen) atoms. The van der Waals surface area contributed by atoms with Crippen molar-refractivity contribution in [2.75, 3.05) is 6.54 Å². The topological polar surface area (TPSA) is 89.7 Å². The average molecular weight is 270 g/mol. The van der Waals surface area contributed by atoms with Gasteiger partial charge in [-0.15, -0.1) is 0 Å². The molecule has 1 fully saturated rings. The van der Waals surface area contributed by atoms with E-state index in [1.54, 1.807) is 13.8 Å². The lowest BCUT2D eigenvalue weighted by atomic mass is 9.98. The fraction of sp³-hybridized carbons (Fsp3) is 0.769. The van der Waals surface area contributed by atoms with E-state index >= 15 is 0 Å². The van der Waals surface area contributed by atoms with Crippen LogP contribution in [-0.4, -0.2) is 34.8 Å². The number of nitrogens with zero attached hydrogens (tertiary/aromatic N) is 1. The minimum Gasteiger partial charge on any atom is -0.330 e. The first kappa shape index (κ1) is 15.8. The van der Waals surface area contributed by atoms with Gasteiger partial charge in [-0.1, -0.05) is 6.42 Å². The molecule has 108 valence electrons. The van der Waals surface area contributed by atoms with E-state index in [-0.39, 0.29) is 30.4 Å². The van der Waals surface area contributed by atoms with Gasteiger partial charge in [-0.05, 0) is 33.2 Å². The SMILES string of the molecule is CC(C)(ON1C(=O)CCC1=O)C(=O)CCCCCN. The van der Waals surface area contributed by atoms with Crippen LogP contribution in [0.5, 0.6) is 0 Å². The Morgan fingerprint density at radius 1 is 1.21 bits per heavy atom.